The Balaban J connectivity index is 3.70. The summed E-state index contributed by atoms with van der Waals surface area (Å²) in [5.74, 6) is 0. The van der Waals surface area contributed by atoms with E-state index >= 15 is 0 Å². The van der Waals surface area contributed by atoms with Gasteiger partial charge >= 0.3 is 6.18 Å². The van der Waals surface area contributed by atoms with Gasteiger partial charge in [-0.25, -0.2) is 0 Å². The number of halogens is 3. The fraction of sp³-hybridized carbons (Fsp3) is 1.00. The van der Waals surface area contributed by atoms with Gasteiger partial charge in [-0.15, -0.1) is 0 Å². The van der Waals surface area contributed by atoms with Crippen LogP contribution in [0.2, 0.25) is 0 Å². The molecule has 0 aromatic carbocycles. The van der Waals surface area contributed by atoms with Gasteiger partial charge in [0.15, 0.2) is 0 Å². The van der Waals surface area contributed by atoms with Crippen LogP contribution in [0.1, 0.15) is 40.0 Å². The highest BCUT2D eigenvalue weighted by Gasteiger charge is 2.28. The molecule has 1 N–H and O–H groups in total. The summed E-state index contributed by atoms with van der Waals surface area (Å²) in [4.78, 5) is 0. The molecule has 0 fully saturated rings. The monoisotopic (exact) mass is 198 g/mol. The SMILES string of the molecule is CC(C)(C)CC(O)CCC(F)(F)F. The molecule has 13 heavy (non-hydrogen) atoms. The smallest absolute Gasteiger partial charge is 0.389 e. The van der Waals surface area contributed by atoms with E-state index in [0.717, 1.165) is 0 Å². The molecule has 80 valence electrons. The summed E-state index contributed by atoms with van der Waals surface area (Å²) in [5, 5.41) is 9.25. The first-order valence-electron chi connectivity index (χ1n) is 4.35. The van der Waals surface area contributed by atoms with E-state index in [1.165, 1.54) is 0 Å². The van der Waals surface area contributed by atoms with E-state index in [1.807, 2.05) is 20.8 Å². The molecular formula is C9H17F3O. The van der Waals surface area contributed by atoms with Crippen LogP contribution in [-0.4, -0.2) is 17.4 Å². The molecule has 0 radical (unpaired) electrons. The van der Waals surface area contributed by atoms with Gasteiger partial charge in [0.1, 0.15) is 0 Å². The third-order valence-electron chi connectivity index (χ3n) is 1.61. The molecular weight excluding hydrogens is 181 g/mol. The number of hydrogen-bond acceptors (Lipinski definition) is 1. The Bertz CT molecular complexity index is 146. The van der Waals surface area contributed by atoms with Crippen molar-refractivity contribution in [2.24, 2.45) is 5.41 Å². The lowest BCUT2D eigenvalue weighted by molar-refractivity contribution is -0.140. The topological polar surface area (TPSA) is 20.2 Å². The summed E-state index contributed by atoms with van der Waals surface area (Å²) >= 11 is 0. The minimum atomic E-state index is -4.15. The molecule has 0 aliphatic carbocycles. The zero-order valence-corrected chi connectivity index (χ0v) is 8.28. The first-order valence-corrected chi connectivity index (χ1v) is 4.35. The van der Waals surface area contributed by atoms with Gasteiger partial charge in [0.05, 0.1) is 6.10 Å². The maximum atomic E-state index is 11.7. The summed E-state index contributed by atoms with van der Waals surface area (Å²) in [6.45, 7) is 5.68. The molecule has 1 atom stereocenters. The van der Waals surface area contributed by atoms with E-state index < -0.39 is 18.7 Å². The number of aliphatic hydroxyl groups is 1. The molecule has 0 heterocycles. The Hall–Kier alpha value is -0.250. The molecule has 1 unspecified atom stereocenters. The van der Waals surface area contributed by atoms with Crippen molar-refractivity contribution in [3.63, 3.8) is 0 Å². The van der Waals surface area contributed by atoms with E-state index in [9.17, 15) is 18.3 Å². The summed E-state index contributed by atoms with van der Waals surface area (Å²) in [6.07, 6.45) is -5.69. The normalized spacial score (nSPS) is 15.9. The molecule has 0 amide bonds. The van der Waals surface area contributed by atoms with Crippen molar-refractivity contribution in [1.82, 2.24) is 0 Å². The largest absolute Gasteiger partial charge is 0.393 e. The predicted molar refractivity (Wildman–Crippen MR) is 45.4 cm³/mol. The van der Waals surface area contributed by atoms with Crippen LogP contribution in [0.4, 0.5) is 13.2 Å². The van der Waals surface area contributed by atoms with Crippen LogP contribution in [0.15, 0.2) is 0 Å². The van der Waals surface area contributed by atoms with E-state index in [0.29, 0.717) is 6.42 Å². The van der Waals surface area contributed by atoms with Crippen molar-refractivity contribution in [3.05, 3.63) is 0 Å². The number of hydrogen-bond donors (Lipinski definition) is 1. The van der Waals surface area contributed by atoms with Crippen LogP contribution in [0, 0.1) is 5.41 Å². The van der Waals surface area contributed by atoms with Crippen molar-refractivity contribution in [3.8, 4) is 0 Å². The van der Waals surface area contributed by atoms with Crippen LogP contribution in [0.5, 0.6) is 0 Å². The van der Waals surface area contributed by atoms with Crippen molar-refractivity contribution in [1.29, 1.82) is 0 Å². The highest BCUT2D eigenvalue weighted by Crippen LogP contribution is 2.27. The maximum absolute atomic E-state index is 11.7. The number of alkyl halides is 3. The summed E-state index contributed by atoms with van der Waals surface area (Å²) in [6, 6.07) is 0. The molecule has 0 spiro atoms. The lowest BCUT2D eigenvalue weighted by Crippen LogP contribution is -2.20. The van der Waals surface area contributed by atoms with E-state index in [4.69, 9.17) is 0 Å². The van der Waals surface area contributed by atoms with E-state index in [-0.39, 0.29) is 11.8 Å². The molecule has 0 aromatic rings. The summed E-state index contributed by atoms with van der Waals surface area (Å²) in [5.41, 5.74) is -0.120. The average molecular weight is 198 g/mol. The predicted octanol–water partition coefficient (Wildman–Crippen LogP) is 3.13. The fourth-order valence-corrected chi connectivity index (χ4v) is 1.14. The zero-order valence-electron chi connectivity index (χ0n) is 8.28. The fourth-order valence-electron chi connectivity index (χ4n) is 1.14. The second-order valence-electron chi connectivity index (χ2n) is 4.57. The molecule has 1 nitrogen and oxygen atoms in total. The third-order valence-corrected chi connectivity index (χ3v) is 1.61. The second kappa shape index (κ2) is 4.31. The first kappa shape index (κ1) is 12.8. The third kappa shape index (κ3) is 9.67. The summed E-state index contributed by atoms with van der Waals surface area (Å²) < 4.78 is 35.2. The van der Waals surface area contributed by atoms with Crippen molar-refractivity contribution < 1.29 is 18.3 Å². The van der Waals surface area contributed by atoms with E-state index in [1.54, 1.807) is 0 Å². The van der Waals surface area contributed by atoms with E-state index in [2.05, 4.69) is 0 Å². The molecule has 4 heteroatoms. The first-order chi connectivity index (χ1) is 5.60. The maximum Gasteiger partial charge on any atom is 0.389 e. The molecule has 0 saturated heterocycles. The van der Waals surface area contributed by atoms with Gasteiger partial charge < -0.3 is 5.11 Å². The van der Waals surface area contributed by atoms with Crippen LogP contribution in [-0.2, 0) is 0 Å². The van der Waals surface area contributed by atoms with Gasteiger partial charge in [-0.3, -0.25) is 0 Å². The molecule has 0 saturated carbocycles. The van der Waals surface area contributed by atoms with Gasteiger partial charge in [-0.05, 0) is 18.3 Å². The van der Waals surface area contributed by atoms with Crippen LogP contribution in [0.25, 0.3) is 0 Å². The van der Waals surface area contributed by atoms with Gasteiger partial charge in [-0.1, -0.05) is 20.8 Å². The molecule has 0 aliphatic rings. The molecule has 0 rings (SSSR count). The van der Waals surface area contributed by atoms with Crippen molar-refractivity contribution in [2.75, 3.05) is 0 Å². The average Bonchev–Trinajstić information content (AvgIpc) is 1.78. The van der Waals surface area contributed by atoms with Crippen LogP contribution in [0.3, 0.4) is 0 Å². The van der Waals surface area contributed by atoms with Gasteiger partial charge in [0, 0.05) is 6.42 Å². The highest BCUT2D eigenvalue weighted by molar-refractivity contribution is 4.69. The Morgan fingerprint density at radius 2 is 1.62 bits per heavy atom. The zero-order chi connectivity index (χ0) is 10.7. The molecule has 0 aromatic heterocycles. The van der Waals surface area contributed by atoms with Crippen molar-refractivity contribution >= 4 is 0 Å². The second-order valence-corrected chi connectivity index (χ2v) is 4.57. The summed E-state index contributed by atoms with van der Waals surface area (Å²) in [7, 11) is 0. The number of rotatable bonds is 3. The minimum absolute atomic E-state index is 0.120. The quantitative estimate of drug-likeness (QED) is 0.738. The minimum Gasteiger partial charge on any atom is -0.393 e. The van der Waals surface area contributed by atoms with Crippen LogP contribution >= 0.6 is 0 Å². The lowest BCUT2D eigenvalue weighted by Gasteiger charge is -2.22. The Kier molecular flexibility index (Phi) is 4.23. The Morgan fingerprint density at radius 3 is 1.92 bits per heavy atom. The molecule has 0 bridgehead atoms. The Labute approximate surface area is 76.9 Å². The Morgan fingerprint density at radius 1 is 1.15 bits per heavy atom. The van der Waals surface area contributed by atoms with Gasteiger partial charge in [0.25, 0.3) is 0 Å². The number of aliphatic hydroxyl groups excluding tert-OH is 1. The van der Waals surface area contributed by atoms with Gasteiger partial charge in [0.2, 0.25) is 0 Å². The molecule has 0 aliphatic heterocycles. The van der Waals surface area contributed by atoms with Crippen molar-refractivity contribution in [2.45, 2.75) is 52.3 Å². The van der Waals surface area contributed by atoms with Crippen LogP contribution < -0.4 is 0 Å². The van der Waals surface area contributed by atoms with Gasteiger partial charge in [-0.2, -0.15) is 13.2 Å². The highest BCUT2D eigenvalue weighted by atomic mass is 19.4. The standard InChI is InChI=1S/C9H17F3O/c1-8(2,3)6-7(13)4-5-9(10,11)12/h7,13H,4-6H2,1-3H3. The lowest BCUT2D eigenvalue weighted by atomic mass is 9.88.